The summed E-state index contributed by atoms with van der Waals surface area (Å²) in [6.07, 6.45) is 1.23. The lowest BCUT2D eigenvalue weighted by molar-refractivity contribution is -0.118. The second-order valence-electron chi connectivity index (χ2n) is 3.08. The minimum absolute atomic E-state index is 0.0404. The van der Waals surface area contributed by atoms with E-state index in [0.29, 0.717) is 18.7 Å². The molecule has 1 amide bonds. The van der Waals surface area contributed by atoms with Crippen molar-refractivity contribution in [2.45, 2.75) is 12.8 Å². The maximum atomic E-state index is 10.8. The summed E-state index contributed by atoms with van der Waals surface area (Å²) in [5.41, 5.74) is 3.80. The maximum absolute atomic E-state index is 10.8. The summed E-state index contributed by atoms with van der Waals surface area (Å²) < 4.78 is 0. The first-order chi connectivity index (χ1) is 6.84. The average molecular weight is 189 g/mol. The van der Waals surface area contributed by atoms with Gasteiger partial charge in [-0.05, 0) is 12.1 Å². The van der Waals surface area contributed by atoms with Crippen LogP contribution < -0.4 is 10.7 Å². The van der Waals surface area contributed by atoms with Crippen LogP contribution >= 0.6 is 0 Å². The molecule has 72 valence electrons. The number of nitrogens with zero attached hydrogens (tertiary/aromatic N) is 1. The van der Waals surface area contributed by atoms with Gasteiger partial charge in [-0.3, -0.25) is 10.2 Å². The molecule has 1 heterocycles. The lowest BCUT2D eigenvalue weighted by Crippen LogP contribution is -2.20. The van der Waals surface area contributed by atoms with E-state index in [4.69, 9.17) is 0 Å². The van der Waals surface area contributed by atoms with Crippen molar-refractivity contribution < 1.29 is 4.79 Å². The van der Waals surface area contributed by atoms with Gasteiger partial charge in [0.2, 0.25) is 5.91 Å². The van der Waals surface area contributed by atoms with Gasteiger partial charge in [0.05, 0.1) is 5.69 Å². The van der Waals surface area contributed by atoms with Gasteiger partial charge in [-0.15, -0.1) is 0 Å². The van der Waals surface area contributed by atoms with Crippen molar-refractivity contribution >= 4 is 17.4 Å². The minimum Gasteiger partial charge on any atom is -0.313 e. The molecule has 1 aromatic carbocycles. The van der Waals surface area contributed by atoms with Crippen LogP contribution in [-0.2, 0) is 4.79 Å². The smallest absolute Gasteiger partial charge is 0.225 e. The first kappa shape index (κ1) is 8.74. The van der Waals surface area contributed by atoms with Crippen LogP contribution in [0.4, 0.5) is 5.69 Å². The third-order valence-electron chi connectivity index (χ3n) is 1.97. The molecule has 1 aliphatic heterocycles. The van der Waals surface area contributed by atoms with Gasteiger partial charge in [-0.25, -0.2) is 0 Å². The van der Waals surface area contributed by atoms with Gasteiger partial charge in [0, 0.05) is 12.8 Å². The first-order valence-corrected chi connectivity index (χ1v) is 4.52. The van der Waals surface area contributed by atoms with E-state index in [1.807, 2.05) is 30.3 Å². The molecule has 14 heavy (non-hydrogen) atoms. The summed E-state index contributed by atoms with van der Waals surface area (Å²) in [7, 11) is 0. The van der Waals surface area contributed by atoms with Crippen LogP contribution in [0.25, 0.3) is 0 Å². The second-order valence-corrected chi connectivity index (χ2v) is 3.08. The van der Waals surface area contributed by atoms with Crippen LogP contribution in [0.5, 0.6) is 0 Å². The third kappa shape index (κ3) is 2.10. The molecular formula is C10H11N3O. The molecule has 0 saturated carbocycles. The molecule has 2 rings (SSSR count). The number of hydrazone groups is 1. The number of hydrogen-bond donors (Lipinski definition) is 2. The highest BCUT2D eigenvalue weighted by Gasteiger charge is 2.14. The van der Waals surface area contributed by atoms with Crippen molar-refractivity contribution in [1.29, 1.82) is 0 Å². The molecule has 1 fully saturated rings. The number of amides is 1. The number of para-hydroxylation sites is 1. The molecule has 0 aliphatic carbocycles. The van der Waals surface area contributed by atoms with Crippen molar-refractivity contribution in [3.63, 3.8) is 0 Å². The van der Waals surface area contributed by atoms with Gasteiger partial charge in [0.1, 0.15) is 5.84 Å². The largest absolute Gasteiger partial charge is 0.313 e. The molecule has 0 radical (unpaired) electrons. The van der Waals surface area contributed by atoms with E-state index in [1.165, 1.54) is 0 Å². The van der Waals surface area contributed by atoms with Crippen LogP contribution in [0, 0.1) is 0 Å². The summed E-state index contributed by atoms with van der Waals surface area (Å²) in [6.45, 7) is 0. The Bertz CT molecular complexity index is 359. The fourth-order valence-corrected chi connectivity index (χ4v) is 1.25. The SMILES string of the molecule is O=C1CC/C(=N/Nc2ccccc2)N1. The zero-order valence-corrected chi connectivity index (χ0v) is 7.66. The van der Waals surface area contributed by atoms with Crippen molar-refractivity contribution in [3.05, 3.63) is 30.3 Å². The Kier molecular flexibility index (Phi) is 2.44. The lowest BCUT2D eigenvalue weighted by atomic mass is 10.3. The highest BCUT2D eigenvalue weighted by molar-refractivity contribution is 6.04. The molecule has 0 aromatic heterocycles. The molecule has 1 saturated heterocycles. The Balaban J connectivity index is 1.97. The number of amidine groups is 1. The van der Waals surface area contributed by atoms with Crippen LogP contribution in [0.15, 0.2) is 35.4 Å². The number of nitrogens with one attached hydrogen (secondary N) is 2. The standard InChI is InChI=1S/C10H11N3O/c14-10-7-6-9(11-10)13-12-8-4-2-1-3-5-8/h1-5,12H,6-7H2,(H,11,13,14). The summed E-state index contributed by atoms with van der Waals surface area (Å²) >= 11 is 0. The zero-order chi connectivity index (χ0) is 9.80. The number of hydrogen-bond acceptors (Lipinski definition) is 3. The third-order valence-corrected chi connectivity index (χ3v) is 1.97. The van der Waals surface area contributed by atoms with E-state index in [9.17, 15) is 4.79 Å². The summed E-state index contributed by atoms with van der Waals surface area (Å²) in [5.74, 6) is 0.748. The topological polar surface area (TPSA) is 53.5 Å². The normalized spacial score (nSPS) is 18.3. The van der Waals surface area contributed by atoms with Gasteiger partial charge < -0.3 is 5.32 Å². The lowest BCUT2D eigenvalue weighted by Gasteiger charge is -2.00. The molecule has 1 aromatic rings. The number of anilines is 1. The van der Waals surface area contributed by atoms with Gasteiger partial charge in [-0.1, -0.05) is 18.2 Å². The van der Waals surface area contributed by atoms with Gasteiger partial charge >= 0.3 is 0 Å². The van der Waals surface area contributed by atoms with Crippen LogP contribution in [0.1, 0.15) is 12.8 Å². The molecule has 4 heteroatoms. The molecule has 0 atom stereocenters. The van der Waals surface area contributed by atoms with E-state index in [2.05, 4.69) is 15.8 Å². The summed E-state index contributed by atoms with van der Waals surface area (Å²) in [5, 5.41) is 6.75. The van der Waals surface area contributed by atoms with Crippen LogP contribution in [0.3, 0.4) is 0 Å². The van der Waals surface area contributed by atoms with E-state index in [-0.39, 0.29) is 5.91 Å². The van der Waals surface area contributed by atoms with Crippen molar-refractivity contribution in [2.75, 3.05) is 5.43 Å². The van der Waals surface area contributed by atoms with Gasteiger partial charge in [0.25, 0.3) is 0 Å². The fourth-order valence-electron chi connectivity index (χ4n) is 1.25. The van der Waals surface area contributed by atoms with Gasteiger partial charge in [-0.2, -0.15) is 5.10 Å². The Morgan fingerprint density at radius 3 is 2.64 bits per heavy atom. The summed E-state index contributed by atoms with van der Waals surface area (Å²) in [6, 6.07) is 9.63. The quantitative estimate of drug-likeness (QED) is 0.689. The Hall–Kier alpha value is -1.84. The predicted molar refractivity (Wildman–Crippen MR) is 54.9 cm³/mol. The highest BCUT2D eigenvalue weighted by atomic mass is 16.1. The van der Waals surface area contributed by atoms with Crippen LogP contribution in [0.2, 0.25) is 0 Å². The Labute approximate surface area is 82.0 Å². The summed E-state index contributed by atoms with van der Waals surface area (Å²) in [4.78, 5) is 10.8. The number of benzene rings is 1. The highest BCUT2D eigenvalue weighted by Crippen LogP contribution is 2.06. The van der Waals surface area contributed by atoms with E-state index in [0.717, 1.165) is 5.69 Å². The molecule has 0 bridgehead atoms. The molecule has 2 N–H and O–H groups in total. The van der Waals surface area contributed by atoms with E-state index >= 15 is 0 Å². The number of carbonyl (C=O) groups is 1. The molecule has 4 nitrogen and oxygen atoms in total. The minimum atomic E-state index is 0.0404. The molecule has 0 spiro atoms. The van der Waals surface area contributed by atoms with Crippen molar-refractivity contribution in [3.8, 4) is 0 Å². The van der Waals surface area contributed by atoms with Crippen LogP contribution in [-0.4, -0.2) is 11.7 Å². The van der Waals surface area contributed by atoms with Crippen molar-refractivity contribution in [1.82, 2.24) is 5.32 Å². The molecular weight excluding hydrogens is 178 g/mol. The first-order valence-electron chi connectivity index (χ1n) is 4.52. The number of rotatable bonds is 2. The number of carbonyl (C=O) groups excluding carboxylic acids is 1. The molecule has 1 aliphatic rings. The maximum Gasteiger partial charge on any atom is 0.225 e. The zero-order valence-electron chi connectivity index (χ0n) is 7.66. The van der Waals surface area contributed by atoms with Gasteiger partial charge in [0.15, 0.2) is 0 Å². The predicted octanol–water partition coefficient (Wildman–Crippen LogP) is 1.32. The monoisotopic (exact) mass is 189 g/mol. The molecule has 0 unspecified atom stereocenters. The second kappa shape index (κ2) is 3.91. The average Bonchev–Trinajstić information content (AvgIpc) is 2.63. The van der Waals surface area contributed by atoms with E-state index in [1.54, 1.807) is 0 Å². The van der Waals surface area contributed by atoms with E-state index < -0.39 is 0 Å². The fraction of sp³-hybridized carbons (Fsp3) is 0.200. The Morgan fingerprint density at radius 2 is 2.00 bits per heavy atom. The Morgan fingerprint density at radius 1 is 1.21 bits per heavy atom. The van der Waals surface area contributed by atoms with Crippen molar-refractivity contribution in [2.24, 2.45) is 5.10 Å².